The number of hydrogen-bond donors (Lipinski definition) is 2. The maximum absolute atomic E-state index is 4.59. The second-order valence-electron chi connectivity index (χ2n) is 5.60. The molecule has 2 rings (SSSR count). The average Bonchev–Trinajstić information content (AvgIpc) is 3.00. The Kier molecular flexibility index (Phi) is 7.52. The Balaban J connectivity index is 1.79. The van der Waals surface area contributed by atoms with E-state index in [2.05, 4.69) is 51.6 Å². The number of nitrogens with one attached hydrogen (secondary N) is 2. The summed E-state index contributed by atoms with van der Waals surface area (Å²) < 4.78 is 0. The molecule has 0 radical (unpaired) electrons. The lowest BCUT2D eigenvalue weighted by Crippen LogP contribution is -2.45. The Morgan fingerprint density at radius 2 is 2.32 bits per heavy atom. The Morgan fingerprint density at radius 3 is 3.00 bits per heavy atom. The summed E-state index contributed by atoms with van der Waals surface area (Å²) in [5.74, 6) is 2.12. The third-order valence-corrected chi connectivity index (χ3v) is 6.21. The predicted octanol–water partition coefficient (Wildman–Crippen LogP) is 3.43. The Hall–Kier alpha value is -0.750. The quantitative estimate of drug-likeness (QED) is 0.615. The zero-order valence-electron chi connectivity index (χ0n) is 13.9. The van der Waals surface area contributed by atoms with Gasteiger partial charge < -0.3 is 10.6 Å². The van der Waals surface area contributed by atoms with Crippen LogP contribution in [0, 0.1) is 0 Å². The van der Waals surface area contributed by atoms with Crippen LogP contribution in [0.5, 0.6) is 0 Å². The first kappa shape index (κ1) is 17.6. The summed E-state index contributed by atoms with van der Waals surface area (Å²) >= 11 is 3.83. The largest absolute Gasteiger partial charge is 0.354 e. The lowest BCUT2D eigenvalue weighted by Gasteiger charge is -2.30. The molecule has 1 fully saturated rings. The Bertz CT molecular complexity index is 470. The van der Waals surface area contributed by atoms with Gasteiger partial charge in [-0.2, -0.15) is 11.8 Å². The van der Waals surface area contributed by atoms with Gasteiger partial charge in [0.25, 0.3) is 0 Å². The number of hydrogen-bond acceptors (Lipinski definition) is 4. The number of aliphatic imine (C=N–C) groups is 1. The van der Waals surface area contributed by atoms with Crippen molar-refractivity contribution in [1.82, 2.24) is 15.6 Å². The molecular weight excluding hydrogens is 312 g/mol. The van der Waals surface area contributed by atoms with Crippen molar-refractivity contribution in [3.63, 3.8) is 0 Å². The van der Waals surface area contributed by atoms with Crippen molar-refractivity contribution in [1.29, 1.82) is 0 Å². The van der Waals surface area contributed by atoms with Crippen LogP contribution in [0.15, 0.2) is 10.4 Å². The molecule has 2 N–H and O–H groups in total. The highest BCUT2D eigenvalue weighted by molar-refractivity contribution is 7.99. The number of rotatable bonds is 6. The summed E-state index contributed by atoms with van der Waals surface area (Å²) in [6, 6.07) is 0.547. The third kappa shape index (κ3) is 5.47. The topological polar surface area (TPSA) is 49.3 Å². The number of aromatic nitrogens is 1. The number of thiazole rings is 1. The highest BCUT2D eigenvalue weighted by atomic mass is 32.2. The first-order valence-electron chi connectivity index (χ1n) is 8.27. The molecule has 4 nitrogen and oxygen atoms in total. The lowest BCUT2D eigenvalue weighted by molar-refractivity contribution is 0.418. The third-order valence-electron chi connectivity index (χ3n) is 3.93. The lowest BCUT2D eigenvalue weighted by atomic mass is 9.95. The number of aryl methyl sites for hydroxylation is 1. The van der Waals surface area contributed by atoms with Crippen molar-refractivity contribution in [2.45, 2.75) is 63.8 Å². The second-order valence-corrected chi connectivity index (χ2v) is 8.12. The zero-order chi connectivity index (χ0) is 15.8. The second kappa shape index (κ2) is 9.40. The van der Waals surface area contributed by atoms with E-state index in [0.717, 1.165) is 29.9 Å². The van der Waals surface area contributed by atoms with E-state index >= 15 is 0 Å². The molecule has 0 spiro atoms. The van der Waals surface area contributed by atoms with E-state index in [4.69, 9.17) is 0 Å². The van der Waals surface area contributed by atoms with Crippen molar-refractivity contribution >= 4 is 29.1 Å². The molecule has 1 aromatic heterocycles. The number of guanidine groups is 1. The van der Waals surface area contributed by atoms with E-state index in [9.17, 15) is 0 Å². The van der Waals surface area contributed by atoms with Gasteiger partial charge in [-0.15, -0.1) is 11.3 Å². The van der Waals surface area contributed by atoms with Gasteiger partial charge in [0.05, 0.1) is 17.2 Å². The monoisotopic (exact) mass is 340 g/mol. The maximum Gasteiger partial charge on any atom is 0.191 e. The van der Waals surface area contributed by atoms with Gasteiger partial charge in [-0.25, -0.2) is 4.98 Å². The van der Waals surface area contributed by atoms with E-state index in [1.807, 2.05) is 7.05 Å². The van der Waals surface area contributed by atoms with Crippen LogP contribution in [-0.4, -0.2) is 35.0 Å². The molecule has 2 unspecified atom stereocenters. The normalized spacial score (nSPS) is 22.6. The molecule has 2 atom stereocenters. The fourth-order valence-corrected chi connectivity index (χ4v) is 4.74. The first-order valence-corrected chi connectivity index (χ1v) is 10.2. The zero-order valence-corrected chi connectivity index (χ0v) is 15.5. The van der Waals surface area contributed by atoms with Gasteiger partial charge in [-0.1, -0.05) is 20.3 Å². The van der Waals surface area contributed by atoms with E-state index in [1.165, 1.54) is 36.4 Å². The minimum atomic E-state index is 0.547. The molecule has 124 valence electrons. The van der Waals surface area contributed by atoms with Crippen LogP contribution in [0.4, 0.5) is 0 Å². The fraction of sp³-hybridized carbons (Fsp3) is 0.750. The van der Waals surface area contributed by atoms with Gasteiger partial charge in [0.15, 0.2) is 5.96 Å². The average molecular weight is 341 g/mol. The van der Waals surface area contributed by atoms with Gasteiger partial charge in [0, 0.05) is 23.7 Å². The van der Waals surface area contributed by atoms with Crippen LogP contribution in [0.3, 0.4) is 0 Å². The minimum Gasteiger partial charge on any atom is -0.354 e. The van der Waals surface area contributed by atoms with Crippen molar-refractivity contribution < 1.29 is 0 Å². The predicted molar refractivity (Wildman–Crippen MR) is 99.0 cm³/mol. The van der Waals surface area contributed by atoms with Gasteiger partial charge in [-0.3, -0.25) is 4.99 Å². The smallest absolute Gasteiger partial charge is 0.191 e. The van der Waals surface area contributed by atoms with Crippen LogP contribution >= 0.6 is 23.1 Å². The molecule has 1 aliphatic rings. The SMILES string of the molecule is CCSC1CCCC(NC(=NC)NCc2csc(CC)n2)C1. The molecule has 1 aromatic rings. The summed E-state index contributed by atoms with van der Waals surface area (Å²) in [6.07, 6.45) is 6.18. The van der Waals surface area contributed by atoms with Crippen molar-refractivity contribution in [2.24, 2.45) is 4.99 Å². The highest BCUT2D eigenvalue weighted by Gasteiger charge is 2.22. The van der Waals surface area contributed by atoms with E-state index in [-0.39, 0.29) is 0 Å². The van der Waals surface area contributed by atoms with Crippen LogP contribution in [0.1, 0.15) is 50.2 Å². The highest BCUT2D eigenvalue weighted by Crippen LogP contribution is 2.28. The molecule has 1 saturated carbocycles. The van der Waals surface area contributed by atoms with Crippen LogP contribution in [-0.2, 0) is 13.0 Å². The van der Waals surface area contributed by atoms with Crippen LogP contribution < -0.4 is 10.6 Å². The molecule has 1 heterocycles. The van der Waals surface area contributed by atoms with Crippen molar-refractivity contribution in [3.8, 4) is 0 Å². The van der Waals surface area contributed by atoms with E-state index in [1.54, 1.807) is 11.3 Å². The molecule has 0 amide bonds. The minimum absolute atomic E-state index is 0.547. The van der Waals surface area contributed by atoms with Crippen molar-refractivity contribution in [3.05, 3.63) is 16.1 Å². The molecule has 0 bridgehead atoms. The van der Waals surface area contributed by atoms with E-state index in [0.29, 0.717) is 6.04 Å². The maximum atomic E-state index is 4.59. The standard InChI is InChI=1S/C16H28N4S2/c1-4-15-19-13(11-22-15)10-18-16(17-3)20-12-7-6-8-14(9-12)21-5-2/h11-12,14H,4-10H2,1-3H3,(H2,17,18,20). The van der Waals surface area contributed by atoms with Gasteiger partial charge in [-0.05, 0) is 31.4 Å². The number of nitrogens with zero attached hydrogens (tertiary/aromatic N) is 2. The van der Waals surface area contributed by atoms with Gasteiger partial charge in [0.2, 0.25) is 0 Å². The van der Waals surface area contributed by atoms with Crippen LogP contribution in [0.2, 0.25) is 0 Å². The fourth-order valence-electron chi connectivity index (χ4n) is 2.82. The molecule has 22 heavy (non-hydrogen) atoms. The number of thioether (sulfide) groups is 1. The molecular formula is C16H28N4S2. The Labute approximate surface area is 142 Å². The van der Waals surface area contributed by atoms with Gasteiger partial charge in [0.1, 0.15) is 0 Å². The van der Waals surface area contributed by atoms with Crippen LogP contribution in [0.25, 0.3) is 0 Å². The molecule has 0 aromatic carbocycles. The summed E-state index contributed by atoms with van der Waals surface area (Å²) in [5.41, 5.74) is 1.10. The molecule has 0 aliphatic heterocycles. The Morgan fingerprint density at radius 1 is 1.45 bits per heavy atom. The molecule has 0 saturated heterocycles. The summed E-state index contributed by atoms with van der Waals surface area (Å²) in [7, 11) is 1.84. The van der Waals surface area contributed by atoms with Gasteiger partial charge >= 0.3 is 0 Å². The van der Waals surface area contributed by atoms with Crippen molar-refractivity contribution in [2.75, 3.05) is 12.8 Å². The summed E-state index contributed by atoms with van der Waals surface area (Å²) in [6.45, 7) is 5.14. The molecule has 1 aliphatic carbocycles. The first-order chi connectivity index (χ1) is 10.7. The summed E-state index contributed by atoms with van der Waals surface area (Å²) in [5, 5.41) is 11.1. The summed E-state index contributed by atoms with van der Waals surface area (Å²) in [4.78, 5) is 8.95. The molecule has 6 heteroatoms. The van der Waals surface area contributed by atoms with E-state index < -0.39 is 0 Å².